The molecule has 1 aromatic carbocycles. The summed E-state index contributed by atoms with van der Waals surface area (Å²) in [6, 6.07) is 10.5. The Balaban J connectivity index is 1.51. The Bertz CT molecular complexity index is 651. The SMILES string of the molecule is Cc1cc(CO)n(-c2ccc(OCCCN3CCCC3C)cc2)n1. The summed E-state index contributed by atoms with van der Waals surface area (Å²) in [5.41, 5.74) is 2.63. The number of nitrogens with zero attached hydrogens (tertiary/aromatic N) is 3. The van der Waals surface area contributed by atoms with E-state index in [9.17, 15) is 5.11 Å². The molecule has 1 atom stereocenters. The molecule has 3 rings (SSSR count). The molecular weight excluding hydrogens is 302 g/mol. The van der Waals surface area contributed by atoms with Crippen LogP contribution in [0.2, 0.25) is 0 Å². The molecule has 5 nitrogen and oxygen atoms in total. The summed E-state index contributed by atoms with van der Waals surface area (Å²) in [6.45, 7) is 7.30. The largest absolute Gasteiger partial charge is 0.494 e. The Hall–Kier alpha value is -1.85. The van der Waals surface area contributed by atoms with Crippen LogP contribution in [0, 0.1) is 6.92 Å². The first-order valence-electron chi connectivity index (χ1n) is 8.81. The fraction of sp³-hybridized carbons (Fsp3) is 0.526. The van der Waals surface area contributed by atoms with Gasteiger partial charge in [-0.25, -0.2) is 4.68 Å². The zero-order valence-electron chi connectivity index (χ0n) is 14.6. The van der Waals surface area contributed by atoms with Crippen molar-refractivity contribution in [1.82, 2.24) is 14.7 Å². The average molecular weight is 329 g/mol. The number of aliphatic hydroxyl groups is 1. The molecule has 0 aliphatic carbocycles. The monoisotopic (exact) mass is 329 g/mol. The quantitative estimate of drug-likeness (QED) is 0.794. The second-order valence-electron chi connectivity index (χ2n) is 6.57. The first-order chi connectivity index (χ1) is 11.7. The number of aromatic nitrogens is 2. The summed E-state index contributed by atoms with van der Waals surface area (Å²) in [5.74, 6) is 0.877. The number of rotatable bonds is 7. The van der Waals surface area contributed by atoms with Crippen LogP contribution in [0.1, 0.15) is 37.6 Å². The van der Waals surface area contributed by atoms with Gasteiger partial charge in [0.05, 0.1) is 30.3 Å². The van der Waals surface area contributed by atoms with Gasteiger partial charge in [-0.15, -0.1) is 0 Å². The van der Waals surface area contributed by atoms with Gasteiger partial charge in [-0.1, -0.05) is 0 Å². The van der Waals surface area contributed by atoms with Gasteiger partial charge in [0.1, 0.15) is 5.75 Å². The number of aryl methyl sites for hydroxylation is 1. The molecule has 1 saturated heterocycles. The zero-order valence-corrected chi connectivity index (χ0v) is 14.6. The highest BCUT2D eigenvalue weighted by molar-refractivity contribution is 5.38. The van der Waals surface area contributed by atoms with E-state index < -0.39 is 0 Å². The maximum atomic E-state index is 9.41. The minimum absolute atomic E-state index is 0.0198. The summed E-state index contributed by atoms with van der Waals surface area (Å²) in [4.78, 5) is 2.54. The summed E-state index contributed by atoms with van der Waals surface area (Å²) < 4.78 is 7.62. The molecule has 1 N–H and O–H groups in total. The van der Waals surface area contributed by atoms with Crippen LogP contribution in [0.5, 0.6) is 5.75 Å². The normalized spacial score (nSPS) is 18.2. The maximum absolute atomic E-state index is 9.41. The van der Waals surface area contributed by atoms with Crippen molar-refractivity contribution in [2.75, 3.05) is 19.7 Å². The van der Waals surface area contributed by atoms with Crippen molar-refractivity contribution in [2.24, 2.45) is 0 Å². The minimum Gasteiger partial charge on any atom is -0.494 e. The van der Waals surface area contributed by atoms with Crippen LogP contribution in [-0.4, -0.2) is 45.5 Å². The lowest BCUT2D eigenvalue weighted by Crippen LogP contribution is -2.28. The molecule has 1 aliphatic rings. The summed E-state index contributed by atoms with van der Waals surface area (Å²) in [5, 5.41) is 13.8. The van der Waals surface area contributed by atoms with Crippen molar-refractivity contribution in [3.8, 4) is 11.4 Å². The Morgan fingerprint density at radius 1 is 1.29 bits per heavy atom. The van der Waals surface area contributed by atoms with E-state index in [-0.39, 0.29) is 6.61 Å². The third-order valence-electron chi connectivity index (χ3n) is 4.70. The van der Waals surface area contributed by atoms with E-state index in [1.165, 1.54) is 19.4 Å². The van der Waals surface area contributed by atoms with E-state index in [1.807, 2.05) is 37.3 Å². The summed E-state index contributed by atoms with van der Waals surface area (Å²) >= 11 is 0. The van der Waals surface area contributed by atoms with E-state index in [0.717, 1.165) is 48.4 Å². The smallest absolute Gasteiger partial charge is 0.119 e. The molecule has 2 heterocycles. The van der Waals surface area contributed by atoms with Crippen molar-refractivity contribution in [2.45, 2.75) is 45.8 Å². The molecule has 24 heavy (non-hydrogen) atoms. The summed E-state index contributed by atoms with van der Waals surface area (Å²) in [6.07, 6.45) is 3.70. The lowest BCUT2D eigenvalue weighted by Gasteiger charge is -2.20. The van der Waals surface area contributed by atoms with Gasteiger partial charge in [0.2, 0.25) is 0 Å². The molecule has 0 amide bonds. The molecule has 130 valence electrons. The second kappa shape index (κ2) is 7.81. The van der Waals surface area contributed by atoms with Crippen molar-refractivity contribution in [3.63, 3.8) is 0 Å². The number of benzene rings is 1. The Labute approximate surface area is 143 Å². The van der Waals surface area contributed by atoms with E-state index in [0.29, 0.717) is 0 Å². The topological polar surface area (TPSA) is 50.5 Å². The van der Waals surface area contributed by atoms with Gasteiger partial charge in [0, 0.05) is 12.6 Å². The Morgan fingerprint density at radius 3 is 2.75 bits per heavy atom. The zero-order chi connectivity index (χ0) is 16.9. The van der Waals surface area contributed by atoms with Gasteiger partial charge in [-0.05, 0) is 70.0 Å². The number of likely N-dealkylation sites (tertiary alicyclic amines) is 1. The number of ether oxygens (including phenoxy) is 1. The highest BCUT2D eigenvalue weighted by atomic mass is 16.5. The molecule has 1 unspecified atom stereocenters. The average Bonchev–Trinajstić information content (AvgIpc) is 3.17. The number of hydrogen-bond donors (Lipinski definition) is 1. The van der Waals surface area contributed by atoms with Gasteiger partial charge in [0.15, 0.2) is 0 Å². The number of hydrogen-bond acceptors (Lipinski definition) is 4. The molecule has 0 spiro atoms. The van der Waals surface area contributed by atoms with Crippen molar-refractivity contribution in [1.29, 1.82) is 0 Å². The predicted octanol–water partition coefficient (Wildman–Crippen LogP) is 2.93. The van der Waals surface area contributed by atoms with E-state index in [4.69, 9.17) is 4.74 Å². The molecule has 0 radical (unpaired) electrons. The van der Waals surface area contributed by atoms with Crippen molar-refractivity contribution in [3.05, 3.63) is 41.7 Å². The van der Waals surface area contributed by atoms with Crippen molar-refractivity contribution >= 4 is 0 Å². The first kappa shape index (κ1) is 17.0. The molecule has 0 bridgehead atoms. The van der Waals surface area contributed by atoms with Crippen LogP contribution in [0.3, 0.4) is 0 Å². The van der Waals surface area contributed by atoms with Gasteiger partial charge < -0.3 is 14.7 Å². The molecule has 1 aliphatic heterocycles. The van der Waals surface area contributed by atoms with Crippen LogP contribution in [0.25, 0.3) is 5.69 Å². The fourth-order valence-corrected chi connectivity index (χ4v) is 3.36. The molecule has 1 aromatic heterocycles. The van der Waals surface area contributed by atoms with E-state index in [1.54, 1.807) is 4.68 Å². The van der Waals surface area contributed by atoms with Crippen LogP contribution in [0.15, 0.2) is 30.3 Å². The van der Waals surface area contributed by atoms with E-state index in [2.05, 4.69) is 16.9 Å². The third kappa shape index (κ3) is 3.97. The van der Waals surface area contributed by atoms with Gasteiger partial charge in [-0.2, -0.15) is 5.10 Å². The van der Waals surface area contributed by atoms with E-state index >= 15 is 0 Å². The maximum Gasteiger partial charge on any atom is 0.119 e. The number of aliphatic hydroxyl groups excluding tert-OH is 1. The molecular formula is C19H27N3O2. The standard InChI is InChI=1S/C19H27N3O2/c1-15-13-18(14-23)22(20-15)17-6-8-19(9-7-17)24-12-4-11-21-10-3-5-16(21)2/h6-9,13,16,23H,3-5,10-12,14H2,1-2H3. The Kier molecular flexibility index (Phi) is 5.53. The lowest BCUT2D eigenvalue weighted by atomic mass is 10.2. The predicted molar refractivity (Wildman–Crippen MR) is 94.6 cm³/mol. The molecule has 1 fully saturated rings. The lowest BCUT2D eigenvalue weighted by molar-refractivity contribution is 0.230. The summed E-state index contributed by atoms with van der Waals surface area (Å²) in [7, 11) is 0. The Morgan fingerprint density at radius 2 is 2.08 bits per heavy atom. The van der Waals surface area contributed by atoms with Gasteiger partial charge in [0.25, 0.3) is 0 Å². The minimum atomic E-state index is -0.0198. The highest BCUT2D eigenvalue weighted by Crippen LogP contribution is 2.19. The van der Waals surface area contributed by atoms with Crippen LogP contribution >= 0.6 is 0 Å². The van der Waals surface area contributed by atoms with Gasteiger partial charge in [-0.3, -0.25) is 0 Å². The molecule has 5 heteroatoms. The molecule has 2 aromatic rings. The van der Waals surface area contributed by atoms with Crippen LogP contribution in [0.4, 0.5) is 0 Å². The van der Waals surface area contributed by atoms with Gasteiger partial charge >= 0.3 is 0 Å². The highest BCUT2D eigenvalue weighted by Gasteiger charge is 2.19. The van der Waals surface area contributed by atoms with Crippen molar-refractivity contribution < 1.29 is 9.84 Å². The molecule has 0 saturated carbocycles. The van der Waals surface area contributed by atoms with Crippen LogP contribution < -0.4 is 4.74 Å². The first-order valence-corrected chi connectivity index (χ1v) is 8.81. The fourth-order valence-electron chi connectivity index (χ4n) is 3.36. The second-order valence-corrected chi connectivity index (χ2v) is 6.57. The third-order valence-corrected chi connectivity index (χ3v) is 4.70. The van der Waals surface area contributed by atoms with Crippen LogP contribution in [-0.2, 0) is 6.61 Å².